The highest BCUT2D eigenvalue weighted by Crippen LogP contribution is 2.30. The Kier molecular flexibility index (Phi) is 3.98. The van der Waals surface area contributed by atoms with Crippen molar-refractivity contribution in [3.05, 3.63) is 35.4 Å². The van der Waals surface area contributed by atoms with E-state index in [0.29, 0.717) is 5.78 Å². The van der Waals surface area contributed by atoms with Crippen LogP contribution in [-0.2, 0) is 6.42 Å². The minimum atomic E-state index is 0.276. The van der Waals surface area contributed by atoms with Crippen LogP contribution in [0.1, 0.15) is 55.5 Å². The van der Waals surface area contributed by atoms with Gasteiger partial charge in [-0.15, -0.1) is 0 Å². The maximum Gasteiger partial charge on any atom is 0.165 e. The summed E-state index contributed by atoms with van der Waals surface area (Å²) in [6.45, 7) is 4.42. The van der Waals surface area contributed by atoms with Crippen molar-refractivity contribution in [2.24, 2.45) is 11.8 Å². The van der Waals surface area contributed by atoms with Crippen molar-refractivity contribution in [3.8, 4) is 0 Å². The lowest BCUT2D eigenvalue weighted by Crippen LogP contribution is -2.21. The van der Waals surface area contributed by atoms with Gasteiger partial charge in [-0.1, -0.05) is 44.9 Å². The molecule has 1 heteroatoms. The van der Waals surface area contributed by atoms with E-state index >= 15 is 0 Å². The monoisotopic (exact) mass is 230 g/mol. The number of Topliss-reactive ketones (excluding diaryl/α,β-unsaturated/α-hetero) is 1. The van der Waals surface area contributed by atoms with Gasteiger partial charge in [-0.05, 0) is 36.8 Å². The van der Waals surface area contributed by atoms with Crippen molar-refractivity contribution in [2.45, 2.75) is 46.0 Å². The molecule has 1 saturated carbocycles. The van der Waals surface area contributed by atoms with E-state index in [2.05, 4.69) is 26.0 Å². The summed E-state index contributed by atoms with van der Waals surface area (Å²) in [5.41, 5.74) is 2.18. The number of carbonyl (C=O) groups is 1. The molecule has 0 heterocycles. The number of ketones is 1. The van der Waals surface area contributed by atoms with Crippen LogP contribution in [0.25, 0.3) is 0 Å². The number of hydrogen-bond acceptors (Lipinski definition) is 1. The fourth-order valence-electron chi connectivity index (χ4n) is 2.70. The fourth-order valence-corrected chi connectivity index (χ4v) is 2.70. The van der Waals surface area contributed by atoms with Gasteiger partial charge in [-0.2, -0.15) is 0 Å². The quantitative estimate of drug-likeness (QED) is 0.709. The molecule has 1 nitrogen and oxygen atoms in total. The average Bonchev–Trinajstić information content (AvgIpc) is 2.39. The lowest BCUT2D eigenvalue weighted by atomic mass is 9.79. The van der Waals surface area contributed by atoms with E-state index in [1.165, 1.54) is 18.4 Å². The molecule has 0 N–H and O–H groups in total. The van der Waals surface area contributed by atoms with E-state index in [1.807, 2.05) is 12.1 Å². The molecule has 0 unspecified atom stereocenters. The Morgan fingerprint density at radius 3 is 2.59 bits per heavy atom. The first-order chi connectivity index (χ1) is 8.20. The summed E-state index contributed by atoms with van der Waals surface area (Å²) in [7, 11) is 0. The SMILES string of the molecule is CCc1cccc(C(=O)C2CCC(C)CC2)c1. The van der Waals surface area contributed by atoms with Crippen LogP contribution < -0.4 is 0 Å². The van der Waals surface area contributed by atoms with Gasteiger partial charge in [0.25, 0.3) is 0 Å². The minimum absolute atomic E-state index is 0.276. The zero-order valence-electron chi connectivity index (χ0n) is 10.9. The second-order valence-corrected chi connectivity index (χ2v) is 5.37. The van der Waals surface area contributed by atoms with Crippen LogP contribution in [0.2, 0.25) is 0 Å². The zero-order valence-corrected chi connectivity index (χ0v) is 10.9. The van der Waals surface area contributed by atoms with Gasteiger partial charge in [-0.3, -0.25) is 4.79 Å². The molecule has 1 aliphatic carbocycles. The van der Waals surface area contributed by atoms with Crippen molar-refractivity contribution in [1.82, 2.24) is 0 Å². The lowest BCUT2D eigenvalue weighted by molar-refractivity contribution is 0.0875. The van der Waals surface area contributed by atoms with Gasteiger partial charge in [0.1, 0.15) is 0 Å². The highest BCUT2D eigenvalue weighted by molar-refractivity contribution is 5.98. The molecule has 0 aromatic heterocycles. The molecule has 1 aromatic carbocycles. The maximum absolute atomic E-state index is 12.4. The highest BCUT2D eigenvalue weighted by atomic mass is 16.1. The smallest absolute Gasteiger partial charge is 0.165 e. The van der Waals surface area contributed by atoms with Crippen LogP contribution in [0.3, 0.4) is 0 Å². The Bertz CT molecular complexity index is 386. The standard InChI is InChI=1S/C16H22O/c1-3-13-5-4-6-15(11-13)16(17)14-9-7-12(2)8-10-14/h4-6,11-12,14H,3,7-10H2,1-2H3. The summed E-state index contributed by atoms with van der Waals surface area (Å²) < 4.78 is 0. The van der Waals surface area contributed by atoms with Gasteiger partial charge in [0.15, 0.2) is 5.78 Å². The Balaban J connectivity index is 2.08. The Morgan fingerprint density at radius 2 is 1.94 bits per heavy atom. The van der Waals surface area contributed by atoms with Crippen molar-refractivity contribution in [1.29, 1.82) is 0 Å². The van der Waals surface area contributed by atoms with Crippen LogP contribution >= 0.6 is 0 Å². The van der Waals surface area contributed by atoms with Crippen LogP contribution in [0, 0.1) is 11.8 Å². The topological polar surface area (TPSA) is 17.1 Å². The molecule has 2 rings (SSSR count). The summed E-state index contributed by atoms with van der Waals surface area (Å²) >= 11 is 0. The van der Waals surface area contributed by atoms with Crippen molar-refractivity contribution in [3.63, 3.8) is 0 Å². The molecule has 0 atom stereocenters. The van der Waals surface area contributed by atoms with Gasteiger partial charge < -0.3 is 0 Å². The van der Waals surface area contributed by atoms with Crippen LogP contribution in [0.15, 0.2) is 24.3 Å². The third kappa shape index (κ3) is 2.96. The molecule has 1 aromatic rings. The van der Waals surface area contributed by atoms with E-state index in [-0.39, 0.29) is 5.92 Å². The normalized spacial score (nSPS) is 24.6. The number of rotatable bonds is 3. The summed E-state index contributed by atoms with van der Waals surface area (Å²) in [5, 5.41) is 0. The molecule has 1 aliphatic rings. The third-order valence-corrected chi connectivity index (χ3v) is 4.01. The number of benzene rings is 1. The van der Waals surface area contributed by atoms with Gasteiger partial charge in [-0.25, -0.2) is 0 Å². The number of aryl methyl sites for hydroxylation is 1. The second-order valence-electron chi connectivity index (χ2n) is 5.37. The molecule has 0 amide bonds. The van der Waals surface area contributed by atoms with E-state index in [1.54, 1.807) is 0 Å². The molecule has 0 bridgehead atoms. The minimum Gasteiger partial charge on any atom is -0.294 e. The van der Waals surface area contributed by atoms with E-state index < -0.39 is 0 Å². The Morgan fingerprint density at radius 1 is 1.24 bits per heavy atom. The molecule has 1 fully saturated rings. The fraction of sp³-hybridized carbons (Fsp3) is 0.562. The number of carbonyl (C=O) groups excluding carboxylic acids is 1. The predicted molar refractivity (Wildman–Crippen MR) is 71.3 cm³/mol. The molecule has 0 radical (unpaired) electrons. The summed E-state index contributed by atoms with van der Waals surface area (Å²) in [6, 6.07) is 8.15. The van der Waals surface area contributed by atoms with Crippen LogP contribution in [0.5, 0.6) is 0 Å². The maximum atomic E-state index is 12.4. The van der Waals surface area contributed by atoms with Gasteiger partial charge in [0.2, 0.25) is 0 Å². The van der Waals surface area contributed by atoms with Crippen LogP contribution in [0.4, 0.5) is 0 Å². The molecular weight excluding hydrogens is 208 g/mol. The summed E-state index contributed by atoms with van der Waals surface area (Å²) in [4.78, 5) is 12.4. The second kappa shape index (κ2) is 5.48. The molecule has 0 saturated heterocycles. The van der Waals surface area contributed by atoms with Crippen molar-refractivity contribution >= 4 is 5.78 Å². The number of hydrogen-bond donors (Lipinski definition) is 0. The Hall–Kier alpha value is -1.11. The molecule has 0 aliphatic heterocycles. The van der Waals surface area contributed by atoms with E-state index in [0.717, 1.165) is 30.7 Å². The Labute approximate surface area is 104 Å². The summed E-state index contributed by atoms with van der Waals surface area (Å²) in [6.07, 6.45) is 5.59. The first kappa shape index (κ1) is 12.3. The zero-order chi connectivity index (χ0) is 12.3. The van der Waals surface area contributed by atoms with Crippen molar-refractivity contribution in [2.75, 3.05) is 0 Å². The van der Waals surface area contributed by atoms with Gasteiger partial charge >= 0.3 is 0 Å². The van der Waals surface area contributed by atoms with Gasteiger partial charge in [0, 0.05) is 11.5 Å². The van der Waals surface area contributed by atoms with E-state index in [4.69, 9.17) is 0 Å². The summed E-state index contributed by atoms with van der Waals surface area (Å²) in [5.74, 6) is 1.45. The molecule has 0 spiro atoms. The molecule has 92 valence electrons. The first-order valence-corrected chi connectivity index (χ1v) is 6.84. The predicted octanol–water partition coefficient (Wildman–Crippen LogP) is 4.26. The first-order valence-electron chi connectivity index (χ1n) is 6.84. The molecular formula is C16H22O. The average molecular weight is 230 g/mol. The highest BCUT2D eigenvalue weighted by Gasteiger charge is 2.25. The largest absolute Gasteiger partial charge is 0.294 e. The van der Waals surface area contributed by atoms with Crippen LogP contribution in [-0.4, -0.2) is 5.78 Å². The molecule has 17 heavy (non-hydrogen) atoms. The lowest BCUT2D eigenvalue weighted by Gasteiger charge is -2.25. The third-order valence-electron chi connectivity index (χ3n) is 4.01. The van der Waals surface area contributed by atoms with Crippen molar-refractivity contribution < 1.29 is 4.79 Å². The van der Waals surface area contributed by atoms with Gasteiger partial charge in [0.05, 0.1) is 0 Å². The van der Waals surface area contributed by atoms with E-state index in [9.17, 15) is 4.79 Å².